The third-order valence-electron chi connectivity index (χ3n) is 1.77. The summed E-state index contributed by atoms with van der Waals surface area (Å²) in [5.74, 6) is 0. The lowest BCUT2D eigenvalue weighted by Crippen LogP contribution is -2.21. The number of hydrogen-bond donors (Lipinski definition) is 1. The van der Waals surface area contributed by atoms with Gasteiger partial charge in [0.05, 0.1) is 5.69 Å². The first-order chi connectivity index (χ1) is 5.04. The summed E-state index contributed by atoms with van der Waals surface area (Å²) in [4.78, 5) is 11.2. The van der Waals surface area contributed by atoms with Crippen LogP contribution in [0.25, 0.3) is 0 Å². The molecule has 0 amide bonds. The predicted molar refractivity (Wildman–Crippen MR) is 43.3 cm³/mol. The Bertz CT molecular complexity index is 308. The molecule has 0 saturated heterocycles. The minimum Gasteiger partial charge on any atom is -0.323 e. The van der Waals surface area contributed by atoms with Gasteiger partial charge in [0.2, 0.25) is 0 Å². The van der Waals surface area contributed by atoms with Gasteiger partial charge in [0.1, 0.15) is 0 Å². The maximum absolute atomic E-state index is 11.2. The van der Waals surface area contributed by atoms with Crippen LogP contribution in [0.1, 0.15) is 18.7 Å². The molecule has 1 heterocycles. The van der Waals surface area contributed by atoms with E-state index >= 15 is 0 Å². The normalized spacial score (nSPS) is 13.5. The van der Waals surface area contributed by atoms with E-state index < -0.39 is 0 Å². The van der Waals surface area contributed by atoms with Crippen LogP contribution in [0.3, 0.4) is 0 Å². The molecule has 0 saturated carbocycles. The summed E-state index contributed by atoms with van der Waals surface area (Å²) in [7, 11) is 3.44. The van der Waals surface area contributed by atoms with Crippen molar-refractivity contribution in [3.05, 3.63) is 22.4 Å². The van der Waals surface area contributed by atoms with E-state index in [2.05, 4.69) is 0 Å². The van der Waals surface area contributed by atoms with Crippen LogP contribution in [0.5, 0.6) is 0 Å². The van der Waals surface area contributed by atoms with Crippen molar-refractivity contribution in [1.29, 1.82) is 0 Å². The molecule has 0 aromatic carbocycles. The van der Waals surface area contributed by atoms with Crippen LogP contribution in [0.2, 0.25) is 0 Å². The molecule has 1 aromatic heterocycles. The molecule has 62 valence electrons. The zero-order chi connectivity index (χ0) is 8.59. The monoisotopic (exact) mass is 155 g/mol. The second-order valence-electron chi connectivity index (χ2n) is 2.80. The van der Waals surface area contributed by atoms with Crippen LogP contribution in [0, 0.1) is 0 Å². The van der Waals surface area contributed by atoms with Gasteiger partial charge in [-0.15, -0.1) is 0 Å². The van der Waals surface area contributed by atoms with Crippen molar-refractivity contribution in [3.8, 4) is 0 Å². The van der Waals surface area contributed by atoms with Gasteiger partial charge in [0.25, 0.3) is 0 Å². The Kier molecular flexibility index (Phi) is 1.87. The lowest BCUT2D eigenvalue weighted by molar-refractivity contribution is 0.694. The Labute approximate surface area is 65.2 Å². The Morgan fingerprint density at radius 2 is 2.09 bits per heavy atom. The van der Waals surface area contributed by atoms with Crippen molar-refractivity contribution in [2.45, 2.75) is 13.0 Å². The first kappa shape index (κ1) is 8.07. The van der Waals surface area contributed by atoms with Crippen molar-refractivity contribution in [2.24, 2.45) is 19.8 Å². The number of rotatable bonds is 1. The van der Waals surface area contributed by atoms with Crippen molar-refractivity contribution in [2.75, 3.05) is 0 Å². The molecule has 0 aliphatic heterocycles. The summed E-state index contributed by atoms with van der Waals surface area (Å²) in [6.45, 7) is 1.86. The molecule has 0 aliphatic carbocycles. The Hall–Kier alpha value is -1.03. The third kappa shape index (κ3) is 1.21. The van der Waals surface area contributed by atoms with Gasteiger partial charge in [0, 0.05) is 26.3 Å². The van der Waals surface area contributed by atoms with Crippen LogP contribution >= 0.6 is 0 Å². The fourth-order valence-electron chi connectivity index (χ4n) is 1.11. The van der Waals surface area contributed by atoms with Crippen LogP contribution < -0.4 is 11.4 Å². The second kappa shape index (κ2) is 2.54. The first-order valence-corrected chi connectivity index (χ1v) is 3.52. The minimum atomic E-state index is -0.0890. The van der Waals surface area contributed by atoms with Crippen LogP contribution in [-0.2, 0) is 14.1 Å². The summed E-state index contributed by atoms with van der Waals surface area (Å²) in [5.41, 5.74) is 6.45. The molecule has 1 atom stereocenters. The van der Waals surface area contributed by atoms with Gasteiger partial charge in [-0.1, -0.05) is 0 Å². The summed E-state index contributed by atoms with van der Waals surface area (Å²) in [5, 5.41) is 0. The zero-order valence-corrected chi connectivity index (χ0v) is 7.03. The highest BCUT2D eigenvalue weighted by atomic mass is 16.1. The van der Waals surface area contributed by atoms with Gasteiger partial charge >= 0.3 is 5.69 Å². The molecular formula is C7H13N3O. The van der Waals surface area contributed by atoms with E-state index in [1.165, 1.54) is 4.57 Å². The van der Waals surface area contributed by atoms with E-state index in [0.717, 1.165) is 5.69 Å². The van der Waals surface area contributed by atoms with Gasteiger partial charge in [-0.3, -0.25) is 4.57 Å². The molecule has 0 fully saturated rings. The highest BCUT2D eigenvalue weighted by molar-refractivity contribution is 5.03. The van der Waals surface area contributed by atoms with Crippen molar-refractivity contribution < 1.29 is 0 Å². The number of nitrogens with two attached hydrogens (primary N) is 1. The molecule has 0 aliphatic rings. The van der Waals surface area contributed by atoms with Crippen molar-refractivity contribution >= 4 is 0 Å². The number of imidazole rings is 1. The molecular weight excluding hydrogens is 142 g/mol. The average Bonchev–Trinajstić information content (AvgIpc) is 2.17. The fourth-order valence-corrected chi connectivity index (χ4v) is 1.11. The molecule has 11 heavy (non-hydrogen) atoms. The van der Waals surface area contributed by atoms with Crippen LogP contribution in [0.4, 0.5) is 0 Å². The smallest absolute Gasteiger partial charge is 0.323 e. The predicted octanol–water partition coefficient (Wildman–Crippen LogP) is -0.256. The van der Waals surface area contributed by atoms with Gasteiger partial charge in [-0.05, 0) is 6.92 Å². The summed E-state index contributed by atoms with van der Waals surface area (Å²) >= 11 is 0. The largest absolute Gasteiger partial charge is 0.327 e. The maximum atomic E-state index is 11.2. The maximum Gasteiger partial charge on any atom is 0.327 e. The van der Waals surface area contributed by atoms with E-state index in [4.69, 9.17) is 5.73 Å². The molecule has 0 bridgehead atoms. The van der Waals surface area contributed by atoms with Crippen LogP contribution in [0.15, 0.2) is 11.0 Å². The number of aromatic nitrogens is 2. The molecule has 0 radical (unpaired) electrons. The Balaban J connectivity index is 3.30. The highest BCUT2D eigenvalue weighted by Gasteiger charge is 2.07. The van der Waals surface area contributed by atoms with E-state index in [1.807, 2.05) is 6.92 Å². The van der Waals surface area contributed by atoms with E-state index in [0.29, 0.717) is 0 Å². The SMILES string of the molecule is CC(N)c1cn(C)c(=O)n1C. The van der Waals surface area contributed by atoms with E-state index in [-0.39, 0.29) is 11.7 Å². The van der Waals surface area contributed by atoms with Crippen molar-refractivity contribution in [3.63, 3.8) is 0 Å². The van der Waals surface area contributed by atoms with E-state index in [9.17, 15) is 4.79 Å². The minimum absolute atomic E-state index is 0.0303. The second-order valence-corrected chi connectivity index (χ2v) is 2.80. The number of hydrogen-bond acceptors (Lipinski definition) is 2. The highest BCUT2D eigenvalue weighted by Crippen LogP contribution is 2.04. The van der Waals surface area contributed by atoms with E-state index in [1.54, 1.807) is 24.9 Å². The van der Waals surface area contributed by atoms with Gasteiger partial charge in [-0.2, -0.15) is 0 Å². The average molecular weight is 155 g/mol. The summed E-state index contributed by atoms with van der Waals surface area (Å²) in [6, 6.07) is -0.0890. The van der Waals surface area contributed by atoms with Gasteiger partial charge in [0.15, 0.2) is 0 Å². The molecule has 1 aromatic rings. The molecule has 1 unspecified atom stereocenters. The number of aryl methyl sites for hydroxylation is 1. The molecule has 0 spiro atoms. The molecule has 4 nitrogen and oxygen atoms in total. The topological polar surface area (TPSA) is 52.9 Å². The Morgan fingerprint density at radius 3 is 2.27 bits per heavy atom. The fraction of sp³-hybridized carbons (Fsp3) is 0.571. The molecule has 4 heteroatoms. The molecule has 1 rings (SSSR count). The van der Waals surface area contributed by atoms with Crippen LogP contribution in [-0.4, -0.2) is 9.13 Å². The summed E-state index contributed by atoms with van der Waals surface area (Å²) in [6.07, 6.45) is 1.76. The standard InChI is InChI=1S/C7H13N3O/c1-5(8)6-4-9(2)7(11)10(6)3/h4-5H,8H2,1-3H3. The third-order valence-corrected chi connectivity index (χ3v) is 1.77. The van der Waals surface area contributed by atoms with Crippen molar-refractivity contribution in [1.82, 2.24) is 9.13 Å². The number of nitrogens with zero attached hydrogens (tertiary/aromatic N) is 2. The lowest BCUT2D eigenvalue weighted by atomic mass is 10.3. The Morgan fingerprint density at radius 1 is 1.55 bits per heavy atom. The summed E-state index contributed by atoms with van der Waals surface area (Å²) < 4.78 is 3.09. The quantitative estimate of drug-likeness (QED) is 0.607. The van der Waals surface area contributed by atoms with Gasteiger partial charge in [-0.25, -0.2) is 4.79 Å². The molecule has 2 N–H and O–H groups in total. The first-order valence-electron chi connectivity index (χ1n) is 3.52. The van der Waals surface area contributed by atoms with Gasteiger partial charge < -0.3 is 10.3 Å². The zero-order valence-electron chi connectivity index (χ0n) is 7.03. The lowest BCUT2D eigenvalue weighted by Gasteiger charge is -2.02.